The van der Waals surface area contributed by atoms with Crippen molar-refractivity contribution in [1.82, 2.24) is 4.98 Å². The third kappa shape index (κ3) is 3.17. The maximum Gasteiger partial charge on any atom is 0.337 e. The summed E-state index contributed by atoms with van der Waals surface area (Å²) < 4.78 is 5.39. The second kappa shape index (κ2) is 5.92. The summed E-state index contributed by atoms with van der Waals surface area (Å²) in [5.41, 5.74) is 6.46. The molecular weight excluding hydrogens is 258 g/mol. The minimum atomic E-state index is -1.09. The summed E-state index contributed by atoms with van der Waals surface area (Å²) in [4.78, 5) is 15.1. The lowest BCUT2D eigenvalue weighted by Gasteiger charge is -2.09. The first-order valence-electron chi connectivity index (χ1n) is 6.09. The quantitative estimate of drug-likeness (QED) is 0.774. The first kappa shape index (κ1) is 13.7. The van der Waals surface area contributed by atoms with Gasteiger partial charge in [0.05, 0.1) is 24.1 Å². The van der Waals surface area contributed by atoms with E-state index in [1.807, 2.05) is 31.2 Å². The van der Waals surface area contributed by atoms with Crippen LogP contribution in [-0.4, -0.2) is 22.7 Å². The van der Waals surface area contributed by atoms with Crippen molar-refractivity contribution in [3.8, 4) is 5.75 Å². The van der Waals surface area contributed by atoms with Gasteiger partial charge in [-0.25, -0.2) is 9.78 Å². The molecule has 0 amide bonds. The van der Waals surface area contributed by atoms with Crippen molar-refractivity contribution in [3.63, 3.8) is 0 Å². The summed E-state index contributed by atoms with van der Waals surface area (Å²) in [5, 5.41) is 12.0. The Morgan fingerprint density at radius 1 is 1.45 bits per heavy atom. The van der Waals surface area contributed by atoms with Crippen molar-refractivity contribution in [2.24, 2.45) is 0 Å². The molecule has 0 aliphatic heterocycles. The highest BCUT2D eigenvalue weighted by Gasteiger charge is 2.09. The van der Waals surface area contributed by atoms with Gasteiger partial charge in [-0.05, 0) is 25.1 Å². The van der Waals surface area contributed by atoms with Crippen molar-refractivity contribution in [2.45, 2.75) is 6.92 Å². The summed E-state index contributed by atoms with van der Waals surface area (Å²) in [6.45, 7) is 2.48. The van der Waals surface area contributed by atoms with Gasteiger partial charge < -0.3 is 20.9 Å². The van der Waals surface area contributed by atoms with Crippen LogP contribution in [0.4, 0.5) is 17.2 Å². The molecule has 0 radical (unpaired) electrons. The van der Waals surface area contributed by atoms with E-state index in [4.69, 9.17) is 15.6 Å². The molecular formula is C14H15N3O3. The van der Waals surface area contributed by atoms with E-state index >= 15 is 0 Å². The number of pyridine rings is 1. The van der Waals surface area contributed by atoms with Crippen LogP contribution in [0.15, 0.2) is 36.5 Å². The average molecular weight is 273 g/mol. The topological polar surface area (TPSA) is 97.5 Å². The number of rotatable bonds is 5. The number of carboxylic acids is 1. The summed E-state index contributed by atoms with van der Waals surface area (Å²) in [6, 6.07) is 8.71. The largest absolute Gasteiger partial charge is 0.494 e. The van der Waals surface area contributed by atoms with Crippen LogP contribution in [0.3, 0.4) is 0 Å². The number of anilines is 3. The smallest absolute Gasteiger partial charge is 0.337 e. The first-order valence-corrected chi connectivity index (χ1v) is 6.09. The molecule has 0 aliphatic carbocycles. The van der Waals surface area contributed by atoms with E-state index in [9.17, 15) is 4.79 Å². The molecule has 2 rings (SSSR count). The molecule has 6 nitrogen and oxygen atoms in total. The maximum absolute atomic E-state index is 11.0. The lowest BCUT2D eigenvalue weighted by atomic mass is 10.2. The third-order valence-corrected chi connectivity index (χ3v) is 2.58. The Morgan fingerprint density at radius 3 is 2.95 bits per heavy atom. The number of carbonyl (C=O) groups is 1. The average Bonchev–Trinajstić information content (AvgIpc) is 2.41. The van der Waals surface area contributed by atoms with Crippen molar-refractivity contribution in [1.29, 1.82) is 0 Å². The summed E-state index contributed by atoms with van der Waals surface area (Å²) in [6.07, 6.45) is 1.32. The number of hydrogen-bond acceptors (Lipinski definition) is 5. The molecule has 0 fully saturated rings. The predicted molar refractivity (Wildman–Crippen MR) is 76.5 cm³/mol. The zero-order valence-corrected chi connectivity index (χ0v) is 11.0. The SMILES string of the molecule is CCOc1cccc(Nc2cc(C(=O)O)c(N)cn2)c1. The second-order valence-electron chi connectivity index (χ2n) is 4.05. The number of aromatic carboxylic acids is 1. The summed E-state index contributed by atoms with van der Waals surface area (Å²) in [7, 11) is 0. The summed E-state index contributed by atoms with van der Waals surface area (Å²) in [5.74, 6) is 0.0488. The first-order chi connectivity index (χ1) is 9.60. The minimum Gasteiger partial charge on any atom is -0.494 e. The lowest BCUT2D eigenvalue weighted by Crippen LogP contribution is -2.05. The number of hydrogen-bond donors (Lipinski definition) is 3. The zero-order chi connectivity index (χ0) is 14.5. The van der Waals surface area contributed by atoms with Gasteiger partial charge in [0.2, 0.25) is 0 Å². The Balaban J connectivity index is 2.23. The maximum atomic E-state index is 11.0. The Labute approximate surface area is 116 Å². The lowest BCUT2D eigenvalue weighted by molar-refractivity contribution is 0.0698. The fraction of sp³-hybridized carbons (Fsp3) is 0.143. The van der Waals surface area contributed by atoms with Crippen molar-refractivity contribution in [2.75, 3.05) is 17.7 Å². The number of nitrogens with one attached hydrogen (secondary N) is 1. The van der Waals surface area contributed by atoms with Gasteiger partial charge in [-0.15, -0.1) is 0 Å². The number of ether oxygens (including phenoxy) is 1. The molecule has 0 bridgehead atoms. The van der Waals surface area contributed by atoms with Crippen LogP contribution in [0, 0.1) is 0 Å². The van der Waals surface area contributed by atoms with Gasteiger partial charge in [-0.3, -0.25) is 0 Å². The van der Waals surface area contributed by atoms with Gasteiger partial charge in [0, 0.05) is 11.8 Å². The third-order valence-electron chi connectivity index (χ3n) is 2.58. The van der Waals surface area contributed by atoms with E-state index in [2.05, 4.69) is 10.3 Å². The molecule has 0 saturated heterocycles. The number of benzene rings is 1. The van der Waals surface area contributed by atoms with Crippen LogP contribution in [0.5, 0.6) is 5.75 Å². The molecule has 1 heterocycles. The molecule has 1 aromatic carbocycles. The predicted octanol–water partition coefficient (Wildman–Crippen LogP) is 2.50. The molecule has 0 atom stereocenters. The van der Waals surface area contributed by atoms with E-state index in [-0.39, 0.29) is 11.3 Å². The van der Waals surface area contributed by atoms with Crippen LogP contribution in [0.25, 0.3) is 0 Å². The number of nitrogens with zero attached hydrogens (tertiary/aromatic N) is 1. The standard InChI is InChI=1S/C14H15N3O3/c1-2-20-10-5-3-4-9(6-10)17-13-7-11(14(18)19)12(15)8-16-13/h3-8H,2,15H2,1H3,(H,16,17)(H,18,19). The fourth-order valence-electron chi connectivity index (χ4n) is 1.70. The van der Waals surface area contributed by atoms with Crippen molar-refractivity contribution < 1.29 is 14.6 Å². The molecule has 0 unspecified atom stereocenters. The highest BCUT2D eigenvalue weighted by Crippen LogP contribution is 2.22. The van der Waals surface area contributed by atoms with E-state index < -0.39 is 5.97 Å². The number of nitrogen functional groups attached to an aromatic ring is 1. The van der Waals surface area contributed by atoms with Crippen molar-refractivity contribution in [3.05, 3.63) is 42.1 Å². The molecule has 0 saturated carbocycles. The van der Waals surface area contributed by atoms with Crippen LogP contribution < -0.4 is 15.8 Å². The van der Waals surface area contributed by atoms with Gasteiger partial charge in [0.15, 0.2) is 0 Å². The van der Waals surface area contributed by atoms with Gasteiger partial charge in [0.1, 0.15) is 11.6 Å². The second-order valence-corrected chi connectivity index (χ2v) is 4.05. The van der Waals surface area contributed by atoms with Gasteiger partial charge in [0.25, 0.3) is 0 Å². The Kier molecular flexibility index (Phi) is 4.05. The Morgan fingerprint density at radius 2 is 2.25 bits per heavy atom. The van der Waals surface area contributed by atoms with Gasteiger partial charge >= 0.3 is 5.97 Å². The number of carboxylic acid groups (broad SMARTS) is 1. The normalized spacial score (nSPS) is 10.1. The van der Waals surface area contributed by atoms with Gasteiger partial charge in [-0.2, -0.15) is 0 Å². The number of aromatic nitrogens is 1. The monoisotopic (exact) mass is 273 g/mol. The van der Waals surface area contributed by atoms with Crippen LogP contribution in [-0.2, 0) is 0 Å². The number of nitrogens with two attached hydrogens (primary N) is 1. The highest BCUT2D eigenvalue weighted by atomic mass is 16.5. The molecule has 1 aromatic heterocycles. The van der Waals surface area contributed by atoms with Crippen LogP contribution >= 0.6 is 0 Å². The van der Waals surface area contributed by atoms with Gasteiger partial charge in [-0.1, -0.05) is 6.07 Å². The Hall–Kier alpha value is -2.76. The van der Waals surface area contributed by atoms with Crippen LogP contribution in [0.1, 0.15) is 17.3 Å². The van der Waals surface area contributed by atoms with Crippen LogP contribution in [0.2, 0.25) is 0 Å². The van der Waals surface area contributed by atoms with E-state index in [1.54, 1.807) is 0 Å². The van der Waals surface area contributed by atoms with E-state index in [0.717, 1.165) is 11.4 Å². The zero-order valence-electron chi connectivity index (χ0n) is 11.0. The van der Waals surface area contributed by atoms with E-state index in [1.165, 1.54) is 12.3 Å². The molecule has 20 heavy (non-hydrogen) atoms. The molecule has 0 aliphatic rings. The Bertz CT molecular complexity index is 629. The molecule has 0 spiro atoms. The molecule has 4 N–H and O–H groups in total. The van der Waals surface area contributed by atoms with Crippen molar-refractivity contribution >= 4 is 23.2 Å². The summed E-state index contributed by atoms with van der Waals surface area (Å²) >= 11 is 0. The molecule has 104 valence electrons. The van der Waals surface area contributed by atoms with E-state index in [0.29, 0.717) is 12.4 Å². The molecule has 6 heteroatoms. The minimum absolute atomic E-state index is 0.0171. The highest BCUT2D eigenvalue weighted by molar-refractivity contribution is 5.94. The fourth-order valence-corrected chi connectivity index (χ4v) is 1.70. The molecule has 2 aromatic rings.